The van der Waals surface area contributed by atoms with Crippen LogP contribution in [0.5, 0.6) is 0 Å². The summed E-state index contributed by atoms with van der Waals surface area (Å²) in [6, 6.07) is -0.413. The van der Waals surface area contributed by atoms with Crippen LogP contribution in [0, 0.1) is 5.92 Å². The lowest BCUT2D eigenvalue weighted by Crippen LogP contribution is -2.56. The van der Waals surface area contributed by atoms with Crippen molar-refractivity contribution in [3.05, 3.63) is 0 Å². The molecule has 0 radical (unpaired) electrons. The molecule has 0 heterocycles. The van der Waals surface area contributed by atoms with Crippen LogP contribution in [0.3, 0.4) is 0 Å². The van der Waals surface area contributed by atoms with Crippen molar-refractivity contribution in [3.63, 3.8) is 0 Å². The summed E-state index contributed by atoms with van der Waals surface area (Å²) in [5.41, 5.74) is -1.11. The minimum atomic E-state index is -1.11. The highest BCUT2D eigenvalue weighted by atomic mass is 16.4. The first kappa shape index (κ1) is 10.8. The van der Waals surface area contributed by atoms with Crippen LogP contribution in [0.25, 0.3) is 0 Å². The first-order valence-corrected chi connectivity index (χ1v) is 4.80. The lowest BCUT2D eigenvalue weighted by molar-refractivity contribution is -0.144. The Kier molecular flexibility index (Phi) is 2.98. The second kappa shape index (κ2) is 3.86. The highest BCUT2D eigenvalue weighted by Gasteiger charge is 2.48. The molecule has 0 aromatic carbocycles. The molecule has 1 atom stereocenters. The van der Waals surface area contributed by atoms with Crippen molar-refractivity contribution in [2.75, 3.05) is 6.54 Å². The summed E-state index contributed by atoms with van der Waals surface area (Å²) in [5, 5.41) is 14.0. The van der Waals surface area contributed by atoms with E-state index < -0.39 is 17.5 Å². The van der Waals surface area contributed by atoms with Crippen LogP contribution < -0.4 is 10.6 Å². The molecule has 0 bridgehead atoms. The summed E-state index contributed by atoms with van der Waals surface area (Å²) in [4.78, 5) is 22.2. The van der Waals surface area contributed by atoms with Gasteiger partial charge in [0.1, 0.15) is 5.54 Å². The molecule has 3 N–H and O–H groups in total. The van der Waals surface area contributed by atoms with E-state index in [1.165, 1.54) is 0 Å². The van der Waals surface area contributed by atoms with E-state index in [9.17, 15) is 9.59 Å². The van der Waals surface area contributed by atoms with Crippen LogP contribution in [0.15, 0.2) is 0 Å². The Labute approximate surface area is 82.9 Å². The number of carboxylic acid groups (broad SMARTS) is 1. The van der Waals surface area contributed by atoms with Crippen molar-refractivity contribution in [2.24, 2.45) is 5.92 Å². The quantitative estimate of drug-likeness (QED) is 0.620. The molecule has 0 aliphatic heterocycles. The van der Waals surface area contributed by atoms with E-state index >= 15 is 0 Å². The molecule has 5 nitrogen and oxygen atoms in total. The lowest BCUT2D eigenvalue weighted by Gasteiger charge is -2.25. The van der Waals surface area contributed by atoms with Crippen LogP contribution in [-0.4, -0.2) is 29.2 Å². The van der Waals surface area contributed by atoms with Crippen molar-refractivity contribution < 1.29 is 14.7 Å². The maximum Gasteiger partial charge on any atom is 0.329 e. The lowest BCUT2D eigenvalue weighted by atomic mass is 9.96. The number of urea groups is 1. The maximum absolute atomic E-state index is 11.2. The molecule has 5 heteroatoms. The van der Waals surface area contributed by atoms with Gasteiger partial charge in [-0.15, -0.1) is 0 Å². The molecule has 1 aliphatic rings. The summed E-state index contributed by atoms with van der Waals surface area (Å²) >= 11 is 0. The van der Waals surface area contributed by atoms with Gasteiger partial charge in [0.25, 0.3) is 0 Å². The van der Waals surface area contributed by atoms with Gasteiger partial charge >= 0.3 is 12.0 Å². The van der Waals surface area contributed by atoms with Gasteiger partial charge in [0.15, 0.2) is 0 Å². The molecule has 14 heavy (non-hydrogen) atoms. The number of nitrogens with one attached hydrogen (secondary N) is 2. The molecular formula is C9H16N2O3. The molecule has 0 spiro atoms. The van der Waals surface area contributed by atoms with Gasteiger partial charge in [0, 0.05) is 6.54 Å². The molecule has 0 aromatic heterocycles. The number of carboxylic acids is 1. The van der Waals surface area contributed by atoms with E-state index in [1.54, 1.807) is 13.8 Å². The zero-order valence-electron chi connectivity index (χ0n) is 8.46. The Morgan fingerprint density at radius 1 is 1.50 bits per heavy atom. The third-order valence-electron chi connectivity index (χ3n) is 2.55. The fourth-order valence-corrected chi connectivity index (χ4v) is 1.43. The van der Waals surface area contributed by atoms with Gasteiger partial charge in [-0.3, -0.25) is 0 Å². The monoisotopic (exact) mass is 200 g/mol. The molecular weight excluding hydrogens is 184 g/mol. The average Bonchev–Trinajstić information content (AvgIpc) is 2.85. The summed E-state index contributed by atoms with van der Waals surface area (Å²) in [7, 11) is 0. The van der Waals surface area contributed by atoms with E-state index in [1.807, 2.05) is 0 Å². The second-order valence-corrected chi connectivity index (χ2v) is 3.77. The van der Waals surface area contributed by atoms with Gasteiger partial charge in [0.2, 0.25) is 0 Å². The topological polar surface area (TPSA) is 78.4 Å². The number of carbonyl (C=O) groups excluding carboxylic acids is 1. The average molecular weight is 200 g/mol. The largest absolute Gasteiger partial charge is 0.480 e. The molecule has 1 saturated carbocycles. The van der Waals surface area contributed by atoms with E-state index in [2.05, 4.69) is 10.6 Å². The Bertz CT molecular complexity index is 250. The molecule has 1 rings (SSSR count). The Balaban J connectivity index is 2.59. The zero-order chi connectivity index (χ0) is 10.8. The number of hydrogen-bond donors (Lipinski definition) is 3. The number of rotatable bonds is 4. The van der Waals surface area contributed by atoms with Gasteiger partial charge in [-0.25, -0.2) is 9.59 Å². The van der Waals surface area contributed by atoms with E-state index in [-0.39, 0.29) is 5.92 Å². The van der Waals surface area contributed by atoms with Gasteiger partial charge in [-0.2, -0.15) is 0 Å². The minimum absolute atomic E-state index is 0.0719. The number of carbonyl (C=O) groups is 2. The van der Waals surface area contributed by atoms with Crippen molar-refractivity contribution in [1.82, 2.24) is 10.6 Å². The fourth-order valence-electron chi connectivity index (χ4n) is 1.43. The normalized spacial score (nSPS) is 19.6. The molecule has 2 amide bonds. The van der Waals surface area contributed by atoms with Crippen LogP contribution in [-0.2, 0) is 4.79 Å². The summed E-state index contributed by atoms with van der Waals surface area (Å²) < 4.78 is 0. The van der Waals surface area contributed by atoms with E-state index in [0.29, 0.717) is 6.54 Å². The minimum Gasteiger partial charge on any atom is -0.480 e. The number of hydrogen-bond acceptors (Lipinski definition) is 2. The maximum atomic E-state index is 11.2. The van der Waals surface area contributed by atoms with E-state index in [0.717, 1.165) is 12.8 Å². The van der Waals surface area contributed by atoms with Crippen LogP contribution in [0.4, 0.5) is 4.79 Å². The van der Waals surface area contributed by atoms with E-state index in [4.69, 9.17) is 5.11 Å². The summed E-state index contributed by atoms with van der Waals surface area (Å²) in [5.74, 6) is -0.895. The first-order chi connectivity index (χ1) is 6.50. The van der Waals surface area contributed by atoms with Gasteiger partial charge in [-0.1, -0.05) is 0 Å². The smallest absolute Gasteiger partial charge is 0.329 e. The summed E-state index contributed by atoms with van der Waals surface area (Å²) in [6.07, 6.45) is 1.74. The zero-order valence-corrected chi connectivity index (χ0v) is 8.46. The third-order valence-corrected chi connectivity index (χ3v) is 2.55. The van der Waals surface area contributed by atoms with Crippen LogP contribution in [0.2, 0.25) is 0 Å². The van der Waals surface area contributed by atoms with Gasteiger partial charge in [0.05, 0.1) is 0 Å². The highest BCUT2D eigenvalue weighted by molar-refractivity contribution is 5.86. The summed E-state index contributed by atoms with van der Waals surface area (Å²) in [6.45, 7) is 3.84. The number of amides is 2. The molecule has 1 unspecified atom stereocenters. The van der Waals surface area contributed by atoms with Crippen molar-refractivity contribution in [3.8, 4) is 0 Å². The molecule has 80 valence electrons. The fraction of sp³-hybridized carbons (Fsp3) is 0.778. The van der Waals surface area contributed by atoms with Crippen molar-refractivity contribution in [2.45, 2.75) is 32.2 Å². The van der Waals surface area contributed by atoms with Crippen molar-refractivity contribution >= 4 is 12.0 Å². The standard InChI is InChI=1S/C9H16N2O3/c1-3-10-8(14)11-9(2,7(12)13)6-4-5-6/h6H,3-5H2,1-2H3,(H,12,13)(H2,10,11,14). The van der Waals surface area contributed by atoms with Crippen molar-refractivity contribution in [1.29, 1.82) is 0 Å². The Morgan fingerprint density at radius 3 is 2.43 bits per heavy atom. The molecule has 0 aromatic rings. The SMILES string of the molecule is CCNC(=O)NC(C)(C(=O)O)C1CC1. The highest BCUT2D eigenvalue weighted by Crippen LogP contribution is 2.39. The molecule has 1 aliphatic carbocycles. The Hall–Kier alpha value is -1.26. The predicted octanol–water partition coefficient (Wildman–Crippen LogP) is 0.559. The van der Waals surface area contributed by atoms with Gasteiger partial charge < -0.3 is 15.7 Å². The first-order valence-electron chi connectivity index (χ1n) is 4.80. The van der Waals surface area contributed by atoms with Crippen LogP contribution >= 0.6 is 0 Å². The second-order valence-electron chi connectivity index (χ2n) is 3.77. The van der Waals surface area contributed by atoms with Gasteiger partial charge in [-0.05, 0) is 32.6 Å². The molecule has 0 saturated heterocycles. The third kappa shape index (κ3) is 2.16. The van der Waals surface area contributed by atoms with Crippen LogP contribution in [0.1, 0.15) is 26.7 Å². The molecule has 1 fully saturated rings. The Morgan fingerprint density at radius 2 is 2.07 bits per heavy atom. The predicted molar refractivity (Wildman–Crippen MR) is 51.0 cm³/mol. The number of aliphatic carboxylic acids is 1.